The second-order valence-electron chi connectivity index (χ2n) is 5.32. The first-order valence-corrected chi connectivity index (χ1v) is 7.37. The van der Waals surface area contributed by atoms with Crippen LogP contribution in [0, 0.1) is 0 Å². The highest BCUT2D eigenvalue weighted by Crippen LogP contribution is 2.47. The monoisotopic (exact) mass is 318 g/mol. The van der Waals surface area contributed by atoms with Crippen LogP contribution in [-0.4, -0.2) is 15.7 Å². The van der Waals surface area contributed by atoms with Gasteiger partial charge >= 0.3 is 0 Å². The Bertz CT molecular complexity index is 703. The summed E-state index contributed by atoms with van der Waals surface area (Å²) in [6.07, 6.45) is -1.02. The Hall–Kier alpha value is -1.29. The van der Waals surface area contributed by atoms with Crippen molar-refractivity contribution < 1.29 is 14.2 Å². The quantitative estimate of drug-likeness (QED) is 0.679. The van der Waals surface area contributed by atoms with Gasteiger partial charge in [0.15, 0.2) is 0 Å². The van der Waals surface area contributed by atoms with E-state index in [9.17, 15) is 0 Å². The van der Waals surface area contributed by atoms with Crippen molar-refractivity contribution >= 4 is 49.8 Å². The van der Waals surface area contributed by atoms with Gasteiger partial charge in [-0.05, 0) is 35.2 Å². The molecular weight excluding hydrogens is 309 g/mol. The second-order valence-corrected chi connectivity index (χ2v) is 6.19. The summed E-state index contributed by atoms with van der Waals surface area (Å²) < 4.78 is 17.8. The van der Waals surface area contributed by atoms with Crippen molar-refractivity contribution in [3.63, 3.8) is 0 Å². The van der Waals surface area contributed by atoms with Crippen LogP contribution in [0.2, 0.25) is 10.0 Å². The van der Waals surface area contributed by atoms with Crippen LogP contribution < -0.4 is 20.4 Å². The predicted molar refractivity (Wildman–Crippen MR) is 87.1 cm³/mol. The average molecular weight is 319 g/mol. The summed E-state index contributed by atoms with van der Waals surface area (Å²) in [6, 6.07) is 7.37. The lowest BCUT2D eigenvalue weighted by Crippen LogP contribution is -2.34. The van der Waals surface area contributed by atoms with Gasteiger partial charge in [-0.1, -0.05) is 23.2 Å². The van der Waals surface area contributed by atoms with Gasteiger partial charge in [-0.25, -0.2) is 0 Å². The average Bonchev–Trinajstić information content (AvgIpc) is 2.41. The number of hydrogen-bond donors (Lipinski definition) is 0. The molecule has 2 heterocycles. The maximum Gasteiger partial charge on any atom is 0.233 e. The standard InChI is InChI=1S/C14H10B2Cl2O3/c15-9-3-5(17)1-7-11(9)19-14-8-2-6(18)4-10(16)12(8)20-13(7)21-14/h1-4,13-14H,15-16H2. The summed E-state index contributed by atoms with van der Waals surface area (Å²) in [5.74, 6) is 1.54. The highest BCUT2D eigenvalue weighted by Gasteiger charge is 2.39. The molecule has 4 rings (SSSR count). The molecule has 2 aromatic carbocycles. The predicted octanol–water partition coefficient (Wildman–Crippen LogP) is 1.01. The Balaban J connectivity index is 1.89. The Kier molecular flexibility index (Phi) is 2.93. The van der Waals surface area contributed by atoms with Crippen molar-refractivity contribution in [1.82, 2.24) is 0 Å². The van der Waals surface area contributed by atoms with Crippen LogP contribution in [0.15, 0.2) is 24.3 Å². The van der Waals surface area contributed by atoms with Gasteiger partial charge in [-0.3, -0.25) is 4.74 Å². The Labute approximate surface area is 133 Å². The molecule has 0 saturated heterocycles. The summed E-state index contributed by atoms with van der Waals surface area (Å²) in [4.78, 5) is 0. The third-order valence-electron chi connectivity index (χ3n) is 3.74. The molecule has 0 spiro atoms. The maximum absolute atomic E-state index is 6.13. The molecule has 7 heteroatoms. The summed E-state index contributed by atoms with van der Waals surface area (Å²) in [5.41, 5.74) is 3.55. The highest BCUT2D eigenvalue weighted by atomic mass is 35.5. The molecule has 2 bridgehead atoms. The molecule has 0 saturated carbocycles. The molecule has 0 aliphatic carbocycles. The molecule has 0 aromatic heterocycles. The fourth-order valence-corrected chi connectivity index (χ4v) is 3.40. The minimum absolute atomic E-state index is 0.511. The summed E-state index contributed by atoms with van der Waals surface area (Å²) in [7, 11) is 3.91. The Morgan fingerprint density at radius 2 is 1.19 bits per heavy atom. The second kappa shape index (κ2) is 4.60. The molecule has 0 N–H and O–H groups in total. The van der Waals surface area contributed by atoms with E-state index in [0.717, 1.165) is 33.6 Å². The lowest BCUT2D eigenvalue weighted by molar-refractivity contribution is -0.226. The van der Waals surface area contributed by atoms with Crippen LogP contribution in [-0.2, 0) is 4.74 Å². The molecule has 104 valence electrons. The number of benzene rings is 2. The van der Waals surface area contributed by atoms with E-state index in [1.165, 1.54) is 0 Å². The van der Waals surface area contributed by atoms with Crippen molar-refractivity contribution in [2.24, 2.45) is 0 Å². The van der Waals surface area contributed by atoms with Crippen molar-refractivity contribution in [3.8, 4) is 11.5 Å². The molecule has 2 aromatic rings. The van der Waals surface area contributed by atoms with E-state index in [0.29, 0.717) is 10.0 Å². The smallest absolute Gasteiger partial charge is 0.233 e. The first-order chi connectivity index (χ1) is 10.0. The minimum atomic E-state index is -0.511. The van der Waals surface area contributed by atoms with E-state index < -0.39 is 12.6 Å². The minimum Gasteiger partial charge on any atom is -0.460 e. The zero-order valence-electron chi connectivity index (χ0n) is 11.4. The fourth-order valence-electron chi connectivity index (χ4n) is 2.84. The molecule has 0 radical (unpaired) electrons. The molecule has 21 heavy (non-hydrogen) atoms. The van der Waals surface area contributed by atoms with Crippen molar-refractivity contribution in [2.75, 3.05) is 0 Å². The number of rotatable bonds is 0. The zero-order chi connectivity index (χ0) is 14.7. The van der Waals surface area contributed by atoms with Crippen molar-refractivity contribution in [2.45, 2.75) is 12.6 Å². The molecule has 2 aliphatic heterocycles. The van der Waals surface area contributed by atoms with Gasteiger partial charge in [-0.2, -0.15) is 0 Å². The van der Waals surface area contributed by atoms with Gasteiger partial charge < -0.3 is 9.47 Å². The SMILES string of the molecule is Bc1cc(Cl)cc2c1OC1OC2Oc2c(B)cc(Cl)cc21. The van der Waals surface area contributed by atoms with Gasteiger partial charge in [0.1, 0.15) is 27.2 Å². The first-order valence-electron chi connectivity index (χ1n) is 6.62. The molecule has 3 nitrogen and oxygen atoms in total. The molecule has 2 atom stereocenters. The zero-order valence-corrected chi connectivity index (χ0v) is 13.0. The van der Waals surface area contributed by atoms with Crippen molar-refractivity contribution in [3.05, 3.63) is 45.4 Å². The van der Waals surface area contributed by atoms with E-state index in [2.05, 4.69) is 0 Å². The van der Waals surface area contributed by atoms with E-state index >= 15 is 0 Å². The van der Waals surface area contributed by atoms with Crippen LogP contribution >= 0.6 is 23.2 Å². The van der Waals surface area contributed by atoms with Crippen LogP contribution in [0.25, 0.3) is 0 Å². The molecule has 0 fully saturated rings. The third-order valence-corrected chi connectivity index (χ3v) is 4.18. The Morgan fingerprint density at radius 3 is 1.62 bits per heavy atom. The molecule has 0 amide bonds. The van der Waals surface area contributed by atoms with Crippen LogP contribution in [0.4, 0.5) is 0 Å². The van der Waals surface area contributed by atoms with Gasteiger partial charge in [0, 0.05) is 10.0 Å². The van der Waals surface area contributed by atoms with Crippen molar-refractivity contribution in [1.29, 1.82) is 0 Å². The van der Waals surface area contributed by atoms with Gasteiger partial charge in [0.05, 0.1) is 11.1 Å². The fraction of sp³-hybridized carbons (Fsp3) is 0.143. The van der Waals surface area contributed by atoms with E-state index in [1.54, 1.807) is 0 Å². The number of fused-ring (bicyclic) bond motifs is 6. The van der Waals surface area contributed by atoms with Crippen LogP contribution in [0.3, 0.4) is 0 Å². The third kappa shape index (κ3) is 2.03. The first kappa shape index (κ1) is 13.4. The lowest BCUT2D eigenvalue weighted by Gasteiger charge is -2.39. The largest absolute Gasteiger partial charge is 0.460 e. The van der Waals surface area contributed by atoms with Crippen LogP contribution in [0.1, 0.15) is 23.7 Å². The summed E-state index contributed by atoms with van der Waals surface area (Å²) >= 11 is 12.3. The highest BCUT2D eigenvalue weighted by molar-refractivity contribution is 6.38. The normalized spacial score (nSPS) is 21.8. The topological polar surface area (TPSA) is 27.7 Å². The summed E-state index contributed by atoms with van der Waals surface area (Å²) in [6.45, 7) is 0. The molecule has 2 unspecified atom stereocenters. The van der Waals surface area contributed by atoms with Gasteiger partial charge in [-0.15, -0.1) is 0 Å². The maximum atomic E-state index is 6.13. The number of ether oxygens (including phenoxy) is 3. The number of hydrogen-bond acceptors (Lipinski definition) is 3. The number of halogens is 2. The van der Waals surface area contributed by atoms with Gasteiger partial charge in [0.2, 0.25) is 12.6 Å². The summed E-state index contributed by atoms with van der Waals surface area (Å²) in [5, 5.41) is 1.28. The van der Waals surface area contributed by atoms with Crippen LogP contribution in [0.5, 0.6) is 11.5 Å². The lowest BCUT2D eigenvalue weighted by atomic mass is 9.89. The van der Waals surface area contributed by atoms with E-state index in [1.807, 2.05) is 40.0 Å². The molecule has 2 aliphatic rings. The van der Waals surface area contributed by atoms with E-state index in [-0.39, 0.29) is 0 Å². The van der Waals surface area contributed by atoms with E-state index in [4.69, 9.17) is 37.4 Å². The Morgan fingerprint density at radius 1 is 0.762 bits per heavy atom. The van der Waals surface area contributed by atoms with Gasteiger partial charge in [0.25, 0.3) is 0 Å². The molecular formula is C14H10B2Cl2O3.